The van der Waals surface area contributed by atoms with Crippen molar-refractivity contribution in [3.63, 3.8) is 0 Å². The molecule has 3 rings (SSSR count). The Kier molecular flexibility index (Phi) is 4.28. The molecule has 0 atom stereocenters. The smallest absolute Gasteiger partial charge is 0.142 e. The molecule has 1 aromatic heterocycles. The van der Waals surface area contributed by atoms with E-state index in [1.807, 2.05) is 36.4 Å². The van der Waals surface area contributed by atoms with Crippen molar-refractivity contribution in [1.82, 2.24) is 9.97 Å². The van der Waals surface area contributed by atoms with Crippen LogP contribution in [0.3, 0.4) is 0 Å². The van der Waals surface area contributed by atoms with Gasteiger partial charge in [-0.05, 0) is 52.9 Å². The summed E-state index contributed by atoms with van der Waals surface area (Å²) in [6.07, 6.45) is 1.55. The summed E-state index contributed by atoms with van der Waals surface area (Å²) in [6.45, 7) is 0. The zero-order valence-corrected chi connectivity index (χ0v) is 14.3. The monoisotopic (exact) mass is 407 g/mol. The molecule has 0 spiro atoms. The van der Waals surface area contributed by atoms with Crippen molar-refractivity contribution in [2.75, 3.05) is 19.5 Å². The molecule has 22 heavy (non-hydrogen) atoms. The van der Waals surface area contributed by atoms with Crippen LogP contribution in [0.25, 0.3) is 10.9 Å². The second-order valence-corrected chi connectivity index (χ2v) is 5.82. The summed E-state index contributed by atoms with van der Waals surface area (Å²) in [4.78, 5) is 8.64. The van der Waals surface area contributed by atoms with Gasteiger partial charge in [0, 0.05) is 15.0 Å². The molecule has 6 heteroatoms. The third-order valence-electron chi connectivity index (χ3n) is 3.26. The van der Waals surface area contributed by atoms with Gasteiger partial charge in [0.15, 0.2) is 0 Å². The van der Waals surface area contributed by atoms with Crippen molar-refractivity contribution in [1.29, 1.82) is 0 Å². The van der Waals surface area contributed by atoms with Crippen molar-refractivity contribution in [2.24, 2.45) is 0 Å². The third-order valence-corrected chi connectivity index (χ3v) is 3.93. The summed E-state index contributed by atoms with van der Waals surface area (Å²) in [7, 11) is 3.27. The summed E-state index contributed by atoms with van der Waals surface area (Å²) in [5.41, 5.74) is 1.68. The number of hydrogen-bond donors (Lipinski definition) is 1. The van der Waals surface area contributed by atoms with Gasteiger partial charge in [-0.3, -0.25) is 0 Å². The lowest BCUT2D eigenvalue weighted by molar-refractivity contribution is 0.405. The molecule has 0 amide bonds. The molecule has 0 aliphatic carbocycles. The maximum absolute atomic E-state index is 5.39. The highest BCUT2D eigenvalue weighted by Gasteiger charge is 2.09. The zero-order valence-electron chi connectivity index (χ0n) is 12.1. The maximum Gasteiger partial charge on any atom is 0.142 e. The molecule has 0 unspecified atom stereocenters. The van der Waals surface area contributed by atoms with E-state index in [4.69, 9.17) is 9.47 Å². The Bertz CT molecular complexity index is 824. The highest BCUT2D eigenvalue weighted by Crippen LogP contribution is 2.33. The number of anilines is 2. The van der Waals surface area contributed by atoms with E-state index in [-0.39, 0.29) is 0 Å². The van der Waals surface area contributed by atoms with Crippen molar-refractivity contribution in [3.8, 4) is 11.5 Å². The number of halogens is 1. The van der Waals surface area contributed by atoms with Crippen LogP contribution < -0.4 is 14.8 Å². The van der Waals surface area contributed by atoms with Crippen LogP contribution >= 0.6 is 22.6 Å². The number of benzene rings is 2. The topological polar surface area (TPSA) is 56.3 Å². The predicted octanol–water partition coefficient (Wildman–Crippen LogP) is 4.00. The molecular weight excluding hydrogens is 393 g/mol. The SMILES string of the molecule is COc1ccc(OC)c(Nc2ncnc3ccc(I)cc23)c1. The van der Waals surface area contributed by atoms with Gasteiger partial charge in [0.2, 0.25) is 0 Å². The first kappa shape index (κ1) is 14.8. The van der Waals surface area contributed by atoms with E-state index >= 15 is 0 Å². The second kappa shape index (κ2) is 6.35. The van der Waals surface area contributed by atoms with Gasteiger partial charge in [-0.25, -0.2) is 9.97 Å². The average molecular weight is 407 g/mol. The lowest BCUT2D eigenvalue weighted by Crippen LogP contribution is -1.99. The van der Waals surface area contributed by atoms with Gasteiger partial charge in [-0.15, -0.1) is 0 Å². The van der Waals surface area contributed by atoms with Gasteiger partial charge in [0.25, 0.3) is 0 Å². The Hall–Kier alpha value is -2.09. The number of rotatable bonds is 4. The largest absolute Gasteiger partial charge is 0.497 e. The van der Waals surface area contributed by atoms with Crippen molar-refractivity contribution in [2.45, 2.75) is 0 Å². The quantitative estimate of drug-likeness (QED) is 0.663. The minimum Gasteiger partial charge on any atom is -0.497 e. The Morgan fingerprint density at radius 3 is 2.64 bits per heavy atom. The van der Waals surface area contributed by atoms with E-state index in [1.165, 1.54) is 0 Å². The molecule has 0 saturated heterocycles. The second-order valence-electron chi connectivity index (χ2n) is 4.57. The first-order valence-corrected chi connectivity index (χ1v) is 7.68. The number of aromatic nitrogens is 2. The van der Waals surface area contributed by atoms with Gasteiger partial charge < -0.3 is 14.8 Å². The zero-order chi connectivity index (χ0) is 15.5. The van der Waals surface area contributed by atoms with E-state index in [0.717, 1.165) is 37.5 Å². The molecule has 0 radical (unpaired) electrons. The van der Waals surface area contributed by atoms with Gasteiger partial charge in [-0.2, -0.15) is 0 Å². The summed E-state index contributed by atoms with van der Waals surface area (Å²) in [5.74, 6) is 2.20. The molecule has 0 bridgehead atoms. The van der Waals surface area contributed by atoms with E-state index in [1.54, 1.807) is 20.5 Å². The molecule has 0 fully saturated rings. The fraction of sp³-hybridized carbons (Fsp3) is 0.125. The summed E-state index contributed by atoms with van der Waals surface area (Å²) in [5, 5.41) is 4.27. The van der Waals surface area contributed by atoms with Gasteiger partial charge in [-0.1, -0.05) is 0 Å². The maximum atomic E-state index is 5.39. The summed E-state index contributed by atoms with van der Waals surface area (Å²) >= 11 is 2.27. The van der Waals surface area contributed by atoms with Crippen LogP contribution in [0.2, 0.25) is 0 Å². The molecular formula is C16H14IN3O2. The number of fused-ring (bicyclic) bond motifs is 1. The van der Waals surface area contributed by atoms with Crippen LogP contribution in [0.5, 0.6) is 11.5 Å². The van der Waals surface area contributed by atoms with Gasteiger partial charge in [0.1, 0.15) is 23.6 Å². The molecule has 1 heterocycles. The molecule has 112 valence electrons. The molecule has 0 aliphatic heterocycles. The summed E-state index contributed by atoms with van der Waals surface area (Å²) in [6, 6.07) is 11.6. The Morgan fingerprint density at radius 2 is 1.86 bits per heavy atom. The lowest BCUT2D eigenvalue weighted by atomic mass is 10.2. The Labute approximate surface area is 141 Å². The van der Waals surface area contributed by atoms with E-state index in [2.05, 4.69) is 37.9 Å². The van der Waals surface area contributed by atoms with Crippen LogP contribution in [0.15, 0.2) is 42.7 Å². The van der Waals surface area contributed by atoms with Crippen LogP contribution in [-0.4, -0.2) is 24.2 Å². The average Bonchev–Trinajstić information content (AvgIpc) is 2.55. The minimum atomic E-state index is 0.721. The highest BCUT2D eigenvalue weighted by molar-refractivity contribution is 14.1. The molecule has 1 N–H and O–H groups in total. The van der Waals surface area contributed by atoms with Crippen LogP contribution in [0.4, 0.5) is 11.5 Å². The van der Waals surface area contributed by atoms with Crippen molar-refractivity contribution in [3.05, 3.63) is 46.3 Å². The van der Waals surface area contributed by atoms with Crippen molar-refractivity contribution < 1.29 is 9.47 Å². The van der Waals surface area contributed by atoms with Gasteiger partial charge in [0.05, 0.1) is 25.4 Å². The van der Waals surface area contributed by atoms with Crippen LogP contribution in [0, 0.1) is 3.57 Å². The van der Waals surface area contributed by atoms with E-state index in [0.29, 0.717) is 0 Å². The molecule has 3 aromatic rings. The number of methoxy groups -OCH3 is 2. The number of nitrogens with one attached hydrogen (secondary N) is 1. The fourth-order valence-electron chi connectivity index (χ4n) is 2.17. The van der Waals surface area contributed by atoms with Gasteiger partial charge >= 0.3 is 0 Å². The lowest BCUT2D eigenvalue weighted by Gasteiger charge is -2.13. The molecule has 5 nitrogen and oxygen atoms in total. The predicted molar refractivity (Wildman–Crippen MR) is 95.1 cm³/mol. The standard InChI is InChI=1S/C16H14IN3O2/c1-21-11-4-6-15(22-2)14(8-11)20-16-12-7-10(17)3-5-13(12)18-9-19-16/h3-9H,1-2H3,(H,18,19,20). The Balaban J connectivity index is 2.08. The highest BCUT2D eigenvalue weighted by atomic mass is 127. The first-order valence-electron chi connectivity index (χ1n) is 6.60. The minimum absolute atomic E-state index is 0.721. The van der Waals surface area contributed by atoms with E-state index < -0.39 is 0 Å². The number of ether oxygens (including phenoxy) is 2. The summed E-state index contributed by atoms with van der Waals surface area (Å²) < 4.78 is 11.8. The molecule has 2 aromatic carbocycles. The number of hydrogen-bond acceptors (Lipinski definition) is 5. The Morgan fingerprint density at radius 1 is 1.00 bits per heavy atom. The number of nitrogens with zero attached hydrogens (tertiary/aromatic N) is 2. The van der Waals surface area contributed by atoms with E-state index in [9.17, 15) is 0 Å². The molecule has 0 aliphatic rings. The third kappa shape index (κ3) is 2.92. The molecule has 0 saturated carbocycles. The van der Waals surface area contributed by atoms with Crippen LogP contribution in [-0.2, 0) is 0 Å². The normalized spacial score (nSPS) is 10.5. The van der Waals surface area contributed by atoms with Crippen LogP contribution in [0.1, 0.15) is 0 Å². The first-order chi connectivity index (χ1) is 10.7. The van der Waals surface area contributed by atoms with Crippen molar-refractivity contribution >= 4 is 45.0 Å². The fourth-order valence-corrected chi connectivity index (χ4v) is 2.66.